The topological polar surface area (TPSA) is 63.2 Å². The van der Waals surface area contributed by atoms with Gasteiger partial charge < -0.3 is 23.7 Å². The fourth-order valence-corrected chi connectivity index (χ4v) is 1.61. The second kappa shape index (κ2) is 4.08. The molecule has 15 heavy (non-hydrogen) atoms. The van der Waals surface area contributed by atoms with Gasteiger partial charge in [0.15, 0.2) is 11.9 Å². The van der Waals surface area contributed by atoms with Gasteiger partial charge in [0, 0.05) is 0 Å². The van der Waals surface area contributed by atoms with Crippen LogP contribution in [0.1, 0.15) is 0 Å². The smallest absolute Gasteiger partial charge is 0.378 e. The molecule has 6 nitrogen and oxygen atoms in total. The van der Waals surface area contributed by atoms with E-state index in [4.69, 9.17) is 23.7 Å². The number of hydrogen-bond acceptors (Lipinski definition) is 6. The molecule has 0 aromatic heterocycles. The number of methoxy groups -OCH3 is 2. The van der Waals surface area contributed by atoms with Gasteiger partial charge >= 0.3 is 5.97 Å². The Bertz CT molecular complexity index is 291. The maximum absolute atomic E-state index is 11.4. The van der Waals surface area contributed by atoms with Crippen LogP contribution in [0.2, 0.25) is 0 Å². The second-order valence-corrected chi connectivity index (χ2v) is 3.12. The molecule has 0 saturated carbocycles. The Balaban J connectivity index is 2.20. The second-order valence-electron chi connectivity index (χ2n) is 3.12. The standard InChI is InChI=1S/C9H12O6/c1-11-7-6(5-3-13-4-14-5)15-9(10)8(7)12-2/h5-6H,3-4H2,1-2H3/t5?,6-/m0/s1. The average molecular weight is 216 g/mol. The van der Waals surface area contributed by atoms with Crippen LogP contribution >= 0.6 is 0 Å². The van der Waals surface area contributed by atoms with E-state index in [1.807, 2.05) is 0 Å². The molecular weight excluding hydrogens is 204 g/mol. The summed E-state index contributed by atoms with van der Waals surface area (Å²) in [4.78, 5) is 11.4. The van der Waals surface area contributed by atoms with Crippen molar-refractivity contribution in [2.75, 3.05) is 27.6 Å². The van der Waals surface area contributed by atoms with Crippen molar-refractivity contribution in [3.63, 3.8) is 0 Å². The zero-order chi connectivity index (χ0) is 10.8. The minimum Gasteiger partial charge on any atom is -0.493 e. The van der Waals surface area contributed by atoms with Gasteiger partial charge in [-0.1, -0.05) is 0 Å². The van der Waals surface area contributed by atoms with Gasteiger partial charge in [0.1, 0.15) is 12.9 Å². The van der Waals surface area contributed by atoms with E-state index in [9.17, 15) is 4.79 Å². The number of esters is 1. The van der Waals surface area contributed by atoms with Crippen LogP contribution in [0.4, 0.5) is 0 Å². The predicted octanol–water partition coefficient (Wildman–Crippen LogP) is -0.211. The van der Waals surface area contributed by atoms with Crippen molar-refractivity contribution in [1.29, 1.82) is 0 Å². The van der Waals surface area contributed by atoms with Crippen LogP contribution in [0.5, 0.6) is 0 Å². The maximum atomic E-state index is 11.4. The van der Waals surface area contributed by atoms with E-state index in [1.54, 1.807) is 0 Å². The Morgan fingerprint density at radius 2 is 2.13 bits per heavy atom. The molecule has 2 rings (SSSR count). The largest absolute Gasteiger partial charge is 0.493 e. The molecule has 2 atom stereocenters. The third-order valence-electron chi connectivity index (χ3n) is 2.31. The molecule has 0 spiro atoms. The van der Waals surface area contributed by atoms with Crippen LogP contribution in [-0.2, 0) is 28.5 Å². The minimum atomic E-state index is -0.569. The summed E-state index contributed by atoms with van der Waals surface area (Å²) in [5.41, 5.74) is 0. The lowest BCUT2D eigenvalue weighted by Gasteiger charge is -2.16. The molecule has 0 aromatic rings. The molecule has 2 aliphatic rings. The van der Waals surface area contributed by atoms with Gasteiger partial charge in [-0.25, -0.2) is 4.79 Å². The summed E-state index contributed by atoms with van der Waals surface area (Å²) in [6, 6.07) is 0. The van der Waals surface area contributed by atoms with E-state index in [0.29, 0.717) is 12.4 Å². The zero-order valence-corrected chi connectivity index (χ0v) is 8.52. The Morgan fingerprint density at radius 3 is 2.67 bits per heavy atom. The molecule has 0 N–H and O–H groups in total. The van der Waals surface area contributed by atoms with Crippen LogP contribution < -0.4 is 0 Å². The summed E-state index contributed by atoms with van der Waals surface area (Å²) in [6.07, 6.45) is -0.892. The average Bonchev–Trinajstić information content (AvgIpc) is 2.83. The predicted molar refractivity (Wildman–Crippen MR) is 46.6 cm³/mol. The van der Waals surface area contributed by atoms with Crippen LogP contribution in [-0.4, -0.2) is 45.8 Å². The number of carbonyl (C=O) groups is 1. The molecule has 0 aliphatic carbocycles. The fraction of sp³-hybridized carbons (Fsp3) is 0.667. The molecule has 0 bridgehead atoms. The van der Waals surface area contributed by atoms with Crippen molar-refractivity contribution < 1.29 is 28.5 Å². The molecule has 0 aromatic carbocycles. The highest BCUT2D eigenvalue weighted by Crippen LogP contribution is 2.28. The van der Waals surface area contributed by atoms with Crippen molar-refractivity contribution >= 4 is 5.97 Å². The molecule has 0 amide bonds. The Kier molecular flexibility index (Phi) is 2.79. The molecule has 6 heteroatoms. The molecular formula is C9H12O6. The molecule has 1 saturated heterocycles. The first-order chi connectivity index (χ1) is 7.27. The molecule has 2 heterocycles. The quantitative estimate of drug-likeness (QED) is 0.608. The Hall–Kier alpha value is -1.27. The van der Waals surface area contributed by atoms with Gasteiger partial charge in [-0.2, -0.15) is 0 Å². The number of hydrogen-bond donors (Lipinski definition) is 0. The molecule has 1 fully saturated rings. The van der Waals surface area contributed by atoms with E-state index >= 15 is 0 Å². The molecule has 1 unspecified atom stereocenters. The highest BCUT2D eigenvalue weighted by atomic mass is 16.7. The maximum Gasteiger partial charge on any atom is 0.378 e. The zero-order valence-electron chi connectivity index (χ0n) is 8.52. The van der Waals surface area contributed by atoms with Gasteiger partial charge in [-0.15, -0.1) is 0 Å². The van der Waals surface area contributed by atoms with Crippen LogP contribution in [0.3, 0.4) is 0 Å². The first kappa shape index (κ1) is 10.3. The van der Waals surface area contributed by atoms with Gasteiger partial charge in [0.25, 0.3) is 0 Å². The highest BCUT2D eigenvalue weighted by molar-refractivity contribution is 5.89. The van der Waals surface area contributed by atoms with Gasteiger partial charge in [0.2, 0.25) is 5.76 Å². The van der Waals surface area contributed by atoms with Gasteiger partial charge in [0.05, 0.1) is 20.8 Å². The number of rotatable bonds is 3. The summed E-state index contributed by atoms with van der Waals surface area (Å²) in [5, 5.41) is 0. The lowest BCUT2D eigenvalue weighted by molar-refractivity contribution is -0.147. The third kappa shape index (κ3) is 1.66. The van der Waals surface area contributed by atoms with E-state index < -0.39 is 12.1 Å². The van der Waals surface area contributed by atoms with E-state index in [0.717, 1.165) is 0 Å². The van der Waals surface area contributed by atoms with Crippen LogP contribution in [0, 0.1) is 0 Å². The lowest BCUT2D eigenvalue weighted by atomic mass is 10.2. The van der Waals surface area contributed by atoms with Crippen LogP contribution in [0.15, 0.2) is 11.5 Å². The first-order valence-electron chi connectivity index (χ1n) is 4.50. The van der Waals surface area contributed by atoms with Crippen molar-refractivity contribution in [1.82, 2.24) is 0 Å². The van der Waals surface area contributed by atoms with E-state index in [1.165, 1.54) is 14.2 Å². The lowest BCUT2D eigenvalue weighted by Crippen LogP contribution is -2.31. The molecule has 2 aliphatic heterocycles. The number of carbonyl (C=O) groups excluding carboxylic acids is 1. The van der Waals surface area contributed by atoms with E-state index in [2.05, 4.69) is 0 Å². The SMILES string of the molecule is COC1=C(OC)[C@H](C2COCO2)OC1=O. The number of ether oxygens (including phenoxy) is 5. The van der Waals surface area contributed by atoms with Crippen molar-refractivity contribution in [3.05, 3.63) is 11.5 Å². The molecule has 0 radical (unpaired) electrons. The van der Waals surface area contributed by atoms with Crippen molar-refractivity contribution in [2.45, 2.75) is 12.2 Å². The first-order valence-corrected chi connectivity index (χ1v) is 4.50. The summed E-state index contributed by atoms with van der Waals surface area (Å²) in [5.74, 6) is -0.0779. The van der Waals surface area contributed by atoms with Gasteiger partial charge in [-0.3, -0.25) is 0 Å². The van der Waals surface area contributed by atoms with E-state index in [-0.39, 0.29) is 18.7 Å². The molecule has 84 valence electrons. The Morgan fingerprint density at radius 1 is 1.33 bits per heavy atom. The summed E-state index contributed by atoms with van der Waals surface area (Å²) < 4.78 is 25.3. The summed E-state index contributed by atoms with van der Waals surface area (Å²) >= 11 is 0. The highest BCUT2D eigenvalue weighted by Gasteiger charge is 2.43. The minimum absolute atomic E-state index is 0.0954. The fourth-order valence-electron chi connectivity index (χ4n) is 1.61. The Labute approximate surface area is 86.7 Å². The number of cyclic esters (lactones) is 1. The van der Waals surface area contributed by atoms with Crippen LogP contribution in [0.25, 0.3) is 0 Å². The monoisotopic (exact) mass is 216 g/mol. The van der Waals surface area contributed by atoms with Crippen molar-refractivity contribution in [3.8, 4) is 0 Å². The summed E-state index contributed by atoms with van der Waals surface area (Å²) in [6.45, 7) is 0.583. The normalized spacial score (nSPS) is 30.7. The summed E-state index contributed by atoms with van der Waals surface area (Å²) in [7, 11) is 2.85. The third-order valence-corrected chi connectivity index (χ3v) is 2.31. The van der Waals surface area contributed by atoms with Gasteiger partial charge in [-0.05, 0) is 0 Å². The van der Waals surface area contributed by atoms with Crippen molar-refractivity contribution in [2.24, 2.45) is 0 Å².